The standard InChI is InChI=1S/C16H29BrN2O3/c1-16(2,3)15(21)22-19-11-8-13(9-12-19)18-14(20)7-5-4-6-10-17/h13H,4-12H2,1-3H3,(H,18,20). The van der Waals surface area contributed by atoms with E-state index in [1.807, 2.05) is 20.8 Å². The Kier molecular flexibility index (Phi) is 8.39. The van der Waals surface area contributed by atoms with Gasteiger partial charge >= 0.3 is 5.97 Å². The number of amides is 1. The summed E-state index contributed by atoms with van der Waals surface area (Å²) in [4.78, 5) is 29.0. The molecular formula is C16H29BrN2O3. The van der Waals surface area contributed by atoms with Crippen LogP contribution in [0.25, 0.3) is 0 Å². The molecule has 128 valence electrons. The molecule has 1 amide bonds. The molecule has 0 atom stereocenters. The van der Waals surface area contributed by atoms with Crippen molar-refractivity contribution in [2.45, 2.75) is 65.3 Å². The van der Waals surface area contributed by atoms with Crippen LogP contribution in [0.1, 0.15) is 59.3 Å². The SMILES string of the molecule is CC(C)(C)C(=O)ON1CCC(NC(=O)CCCCCBr)CC1. The molecule has 1 heterocycles. The van der Waals surface area contributed by atoms with Gasteiger partial charge in [-0.3, -0.25) is 4.79 Å². The summed E-state index contributed by atoms with van der Waals surface area (Å²) in [6.07, 6.45) is 5.39. The summed E-state index contributed by atoms with van der Waals surface area (Å²) in [6, 6.07) is 0.202. The Labute approximate surface area is 142 Å². The van der Waals surface area contributed by atoms with Crippen LogP contribution >= 0.6 is 15.9 Å². The number of hydrogen-bond acceptors (Lipinski definition) is 4. The number of hydroxylamine groups is 2. The number of hydrogen-bond donors (Lipinski definition) is 1. The topological polar surface area (TPSA) is 58.6 Å². The molecule has 0 unspecified atom stereocenters. The Hall–Kier alpha value is -0.620. The maximum Gasteiger partial charge on any atom is 0.330 e. The van der Waals surface area contributed by atoms with E-state index in [2.05, 4.69) is 21.2 Å². The van der Waals surface area contributed by atoms with Crippen molar-refractivity contribution in [2.24, 2.45) is 5.41 Å². The van der Waals surface area contributed by atoms with E-state index < -0.39 is 5.41 Å². The molecule has 0 aromatic carbocycles. The van der Waals surface area contributed by atoms with E-state index in [1.54, 1.807) is 5.06 Å². The molecule has 1 aliphatic rings. The summed E-state index contributed by atoms with van der Waals surface area (Å²) in [5, 5.41) is 5.80. The molecule has 0 saturated carbocycles. The number of alkyl halides is 1. The van der Waals surface area contributed by atoms with E-state index in [0.29, 0.717) is 19.5 Å². The molecule has 0 aromatic heterocycles. The number of carbonyl (C=O) groups excluding carboxylic acids is 2. The first-order valence-electron chi connectivity index (χ1n) is 8.15. The van der Waals surface area contributed by atoms with Gasteiger partial charge in [0.15, 0.2) is 0 Å². The lowest BCUT2D eigenvalue weighted by atomic mass is 9.98. The maximum absolute atomic E-state index is 11.8. The molecule has 0 aliphatic carbocycles. The van der Waals surface area contributed by atoms with Crippen molar-refractivity contribution in [3.63, 3.8) is 0 Å². The second kappa shape index (κ2) is 9.50. The summed E-state index contributed by atoms with van der Waals surface area (Å²) in [6.45, 7) is 6.89. The second-order valence-electron chi connectivity index (χ2n) is 6.90. The molecule has 6 heteroatoms. The number of halogens is 1. The summed E-state index contributed by atoms with van der Waals surface area (Å²) in [7, 11) is 0. The highest BCUT2D eigenvalue weighted by Gasteiger charge is 2.28. The lowest BCUT2D eigenvalue weighted by molar-refractivity contribution is -0.205. The monoisotopic (exact) mass is 376 g/mol. The van der Waals surface area contributed by atoms with Gasteiger partial charge in [-0.15, -0.1) is 5.06 Å². The molecule has 0 aromatic rings. The molecule has 22 heavy (non-hydrogen) atoms. The van der Waals surface area contributed by atoms with Gasteiger partial charge in [0.1, 0.15) is 0 Å². The number of piperidine rings is 1. The van der Waals surface area contributed by atoms with Crippen LogP contribution < -0.4 is 5.32 Å². The van der Waals surface area contributed by atoms with E-state index in [0.717, 1.165) is 37.4 Å². The van der Waals surface area contributed by atoms with E-state index in [4.69, 9.17) is 4.84 Å². The fraction of sp³-hybridized carbons (Fsp3) is 0.875. The predicted molar refractivity (Wildman–Crippen MR) is 90.5 cm³/mol. The number of unbranched alkanes of at least 4 members (excludes halogenated alkanes) is 2. The Morgan fingerprint density at radius 3 is 2.36 bits per heavy atom. The van der Waals surface area contributed by atoms with E-state index in [1.165, 1.54) is 0 Å². The van der Waals surface area contributed by atoms with Gasteiger partial charge in [-0.2, -0.15) is 0 Å². The lowest BCUT2D eigenvalue weighted by Gasteiger charge is -2.32. The largest absolute Gasteiger partial charge is 0.367 e. The molecule has 0 bridgehead atoms. The van der Waals surface area contributed by atoms with Crippen LogP contribution in [0.3, 0.4) is 0 Å². The molecule has 5 nitrogen and oxygen atoms in total. The Morgan fingerprint density at radius 2 is 1.82 bits per heavy atom. The zero-order chi connectivity index (χ0) is 16.6. The normalized spacial score (nSPS) is 17.3. The van der Waals surface area contributed by atoms with Crippen LogP contribution in [0.5, 0.6) is 0 Å². The van der Waals surface area contributed by atoms with Crippen LogP contribution in [-0.4, -0.2) is 41.4 Å². The van der Waals surface area contributed by atoms with Gasteiger partial charge < -0.3 is 10.2 Å². The summed E-state index contributed by atoms with van der Waals surface area (Å²) < 4.78 is 0. The van der Waals surface area contributed by atoms with Crippen LogP contribution in [0.2, 0.25) is 0 Å². The average Bonchev–Trinajstić information content (AvgIpc) is 2.45. The molecule has 1 saturated heterocycles. The van der Waals surface area contributed by atoms with Crippen LogP contribution in [0, 0.1) is 5.41 Å². The quantitative estimate of drug-likeness (QED) is 0.547. The van der Waals surface area contributed by atoms with Gasteiger partial charge in [0, 0.05) is 30.9 Å². The van der Waals surface area contributed by atoms with Crippen molar-refractivity contribution in [1.82, 2.24) is 10.4 Å². The summed E-state index contributed by atoms with van der Waals surface area (Å²) in [5.74, 6) is -0.0681. The smallest absolute Gasteiger partial charge is 0.330 e. The molecule has 1 fully saturated rings. The first kappa shape index (κ1) is 19.4. The van der Waals surface area contributed by atoms with Gasteiger partial charge in [-0.05, 0) is 46.5 Å². The van der Waals surface area contributed by atoms with Crippen LogP contribution in [0.15, 0.2) is 0 Å². The Bertz CT molecular complexity index is 361. The van der Waals surface area contributed by atoms with Crippen molar-refractivity contribution >= 4 is 27.8 Å². The maximum atomic E-state index is 11.8. The molecule has 0 radical (unpaired) electrons. The minimum atomic E-state index is -0.486. The third-order valence-corrected chi connectivity index (χ3v) is 4.24. The number of nitrogens with one attached hydrogen (secondary N) is 1. The zero-order valence-corrected chi connectivity index (χ0v) is 15.6. The van der Waals surface area contributed by atoms with Crippen molar-refractivity contribution < 1.29 is 14.4 Å². The highest BCUT2D eigenvalue weighted by molar-refractivity contribution is 9.09. The van der Waals surface area contributed by atoms with Gasteiger partial charge in [0.2, 0.25) is 5.91 Å². The first-order valence-corrected chi connectivity index (χ1v) is 9.27. The first-order chi connectivity index (χ1) is 10.3. The van der Waals surface area contributed by atoms with Gasteiger partial charge in [0.25, 0.3) is 0 Å². The summed E-state index contributed by atoms with van der Waals surface area (Å²) >= 11 is 3.39. The predicted octanol–water partition coefficient (Wildman–Crippen LogP) is 3.03. The molecule has 1 aliphatic heterocycles. The third kappa shape index (κ3) is 7.58. The highest BCUT2D eigenvalue weighted by atomic mass is 79.9. The molecular weight excluding hydrogens is 348 g/mol. The summed E-state index contributed by atoms with van der Waals surface area (Å²) in [5.41, 5.74) is -0.486. The van der Waals surface area contributed by atoms with Crippen LogP contribution in [0.4, 0.5) is 0 Å². The Morgan fingerprint density at radius 1 is 1.18 bits per heavy atom. The fourth-order valence-electron chi connectivity index (χ4n) is 2.20. The minimum Gasteiger partial charge on any atom is -0.367 e. The fourth-order valence-corrected chi connectivity index (χ4v) is 2.60. The average molecular weight is 377 g/mol. The lowest BCUT2D eigenvalue weighted by Crippen LogP contribution is -2.46. The van der Waals surface area contributed by atoms with Gasteiger partial charge in [-0.25, -0.2) is 4.79 Å². The minimum absolute atomic E-state index is 0.139. The molecule has 1 N–H and O–H groups in total. The highest BCUT2D eigenvalue weighted by Crippen LogP contribution is 2.18. The third-order valence-electron chi connectivity index (χ3n) is 3.68. The van der Waals surface area contributed by atoms with Gasteiger partial charge in [0.05, 0.1) is 5.41 Å². The van der Waals surface area contributed by atoms with E-state index in [9.17, 15) is 9.59 Å². The van der Waals surface area contributed by atoms with Crippen molar-refractivity contribution in [3.8, 4) is 0 Å². The van der Waals surface area contributed by atoms with Crippen LogP contribution in [-0.2, 0) is 14.4 Å². The van der Waals surface area contributed by atoms with Crippen molar-refractivity contribution in [2.75, 3.05) is 18.4 Å². The van der Waals surface area contributed by atoms with E-state index in [-0.39, 0.29) is 17.9 Å². The van der Waals surface area contributed by atoms with Crippen molar-refractivity contribution in [3.05, 3.63) is 0 Å². The number of nitrogens with zero attached hydrogens (tertiary/aromatic N) is 1. The Balaban J connectivity index is 2.19. The molecule has 1 rings (SSSR count). The zero-order valence-electron chi connectivity index (χ0n) is 14.0. The number of carbonyl (C=O) groups is 2. The number of rotatable bonds is 7. The molecule has 0 spiro atoms. The van der Waals surface area contributed by atoms with Crippen molar-refractivity contribution in [1.29, 1.82) is 0 Å². The van der Waals surface area contributed by atoms with E-state index >= 15 is 0 Å². The van der Waals surface area contributed by atoms with Gasteiger partial charge in [-0.1, -0.05) is 22.4 Å². The second-order valence-corrected chi connectivity index (χ2v) is 7.69.